The van der Waals surface area contributed by atoms with Gasteiger partial charge in [-0.2, -0.15) is 0 Å². The second-order valence-corrected chi connectivity index (χ2v) is 9.19. The molecule has 1 saturated heterocycles. The van der Waals surface area contributed by atoms with Crippen LogP contribution in [-0.4, -0.2) is 59.0 Å². The SMILES string of the molecule is C=CCNCCN1C(=O)N2C(Cc3ccccc3)c3[nH]c4ccc(OC)cc4c3C[C@@]2(C)C1=O. The number of imide groups is 1. The van der Waals surface area contributed by atoms with Gasteiger partial charge in [-0.3, -0.25) is 9.69 Å². The number of ether oxygens (including phenoxy) is 1. The minimum absolute atomic E-state index is 0.140. The zero-order chi connectivity index (χ0) is 23.9. The first-order chi connectivity index (χ1) is 16.5. The van der Waals surface area contributed by atoms with E-state index in [0.29, 0.717) is 32.5 Å². The van der Waals surface area contributed by atoms with Crippen LogP contribution in [0.5, 0.6) is 5.75 Å². The lowest BCUT2D eigenvalue weighted by Crippen LogP contribution is -2.53. The van der Waals surface area contributed by atoms with E-state index in [2.05, 4.69) is 29.0 Å². The summed E-state index contributed by atoms with van der Waals surface area (Å²) in [4.78, 5) is 34.2. The highest BCUT2D eigenvalue weighted by Gasteiger charge is 2.59. The van der Waals surface area contributed by atoms with E-state index in [4.69, 9.17) is 4.74 Å². The smallest absolute Gasteiger partial charge is 0.328 e. The summed E-state index contributed by atoms with van der Waals surface area (Å²) in [5.41, 5.74) is 3.24. The van der Waals surface area contributed by atoms with E-state index < -0.39 is 5.54 Å². The Kier molecular flexibility index (Phi) is 5.65. The molecular weight excluding hydrogens is 428 g/mol. The lowest BCUT2D eigenvalue weighted by atomic mass is 9.81. The average molecular weight is 459 g/mol. The summed E-state index contributed by atoms with van der Waals surface area (Å²) in [5, 5.41) is 4.24. The van der Waals surface area contributed by atoms with Gasteiger partial charge in [0.15, 0.2) is 0 Å². The molecule has 0 aliphatic carbocycles. The van der Waals surface area contributed by atoms with Gasteiger partial charge < -0.3 is 19.9 Å². The van der Waals surface area contributed by atoms with Crippen LogP contribution in [0.2, 0.25) is 0 Å². The zero-order valence-electron chi connectivity index (χ0n) is 19.6. The predicted octanol–water partition coefficient (Wildman–Crippen LogP) is 3.81. The number of hydrogen-bond acceptors (Lipinski definition) is 4. The lowest BCUT2D eigenvalue weighted by molar-refractivity contribution is -0.133. The average Bonchev–Trinajstić information content (AvgIpc) is 3.29. The maximum absolute atomic E-state index is 13.7. The van der Waals surface area contributed by atoms with E-state index in [1.807, 2.05) is 48.2 Å². The van der Waals surface area contributed by atoms with Crippen LogP contribution >= 0.6 is 0 Å². The number of methoxy groups -OCH3 is 1. The van der Waals surface area contributed by atoms with Crippen molar-refractivity contribution in [1.29, 1.82) is 0 Å². The molecule has 0 radical (unpaired) electrons. The standard InChI is InChI=1S/C27H30N4O3/c1-4-12-28-13-14-30-25(32)27(2)17-21-20-16-19(34-3)10-11-22(20)29-24(21)23(31(27)26(30)33)15-18-8-6-5-7-9-18/h4-11,16,23,28-29H,1,12-15,17H2,2-3H3/t23?,27-/m0/s1. The molecule has 2 aliphatic rings. The first-order valence-electron chi connectivity index (χ1n) is 11.7. The van der Waals surface area contributed by atoms with Gasteiger partial charge in [0, 0.05) is 42.7 Å². The molecule has 7 nitrogen and oxygen atoms in total. The van der Waals surface area contributed by atoms with Gasteiger partial charge in [0.05, 0.1) is 13.2 Å². The van der Waals surface area contributed by atoms with Crippen molar-refractivity contribution in [3.05, 3.63) is 78.0 Å². The summed E-state index contributed by atoms with van der Waals surface area (Å²) < 4.78 is 5.47. The van der Waals surface area contributed by atoms with Crippen LogP contribution < -0.4 is 10.1 Å². The van der Waals surface area contributed by atoms with Gasteiger partial charge in [0.1, 0.15) is 11.3 Å². The number of aromatic amines is 1. The van der Waals surface area contributed by atoms with Crippen molar-refractivity contribution >= 4 is 22.8 Å². The number of carbonyl (C=O) groups excluding carboxylic acids is 2. The molecule has 2 aromatic carbocycles. The summed E-state index contributed by atoms with van der Waals surface area (Å²) in [6.07, 6.45) is 2.84. The second-order valence-electron chi connectivity index (χ2n) is 9.19. The monoisotopic (exact) mass is 458 g/mol. The summed E-state index contributed by atoms with van der Waals surface area (Å²) in [6, 6.07) is 15.6. The summed E-state index contributed by atoms with van der Waals surface area (Å²) in [5.74, 6) is 0.629. The number of nitrogens with zero attached hydrogens (tertiary/aromatic N) is 2. The van der Waals surface area contributed by atoms with E-state index in [-0.39, 0.29) is 18.0 Å². The number of amides is 3. The van der Waals surface area contributed by atoms with Gasteiger partial charge in [-0.1, -0.05) is 36.4 Å². The largest absolute Gasteiger partial charge is 0.497 e. The molecule has 1 unspecified atom stereocenters. The fourth-order valence-corrected chi connectivity index (χ4v) is 5.41. The summed E-state index contributed by atoms with van der Waals surface area (Å²) in [7, 11) is 1.65. The minimum atomic E-state index is -0.944. The number of fused-ring (bicyclic) bond motifs is 4. The molecular formula is C27H30N4O3. The maximum Gasteiger partial charge on any atom is 0.328 e. The van der Waals surface area contributed by atoms with E-state index in [1.54, 1.807) is 13.2 Å². The Balaban J connectivity index is 1.59. The number of urea groups is 1. The van der Waals surface area contributed by atoms with Gasteiger partial charge in [-0.25, -0.2) is 4.79 Å². The molecule has 3 aromatic rings. The molecule has 34 heavy (non-hydrogen) atoms. The molecule has 3 heterocycles. The van der Waals surface area contributed by atoms with Gasteiger partial charge in [0.25, 0.3) is 5.91 Å². The Bertz CT molecular complexity index is 1250. The van der Waals surface area contributed by atoms with Gasteiger partial charge in [0.2, 0.25) is 0 Å². The Morgan fingerprint density at radius 3 is 2.76 bits per heavy atom. The van der Waals surface area contributed by atoms with E-state index in [1.165, 1.54) is 4.90 Å². The molecule has 2 aliphatic heterocycles. The molecule has 2 atom stereocenters. The van der Waals surface area contributed by atoms with Crippen LogP contribution in [0.15, 0.2) is 61.2 Å². The zero-order valence-corrected chi connectivity index (χ0v) is 19.6. The molecule has 0 saturated carbocycles. The Morgan fingerprint density at radius 1 is 1.24 bits per heavy atom. The molecule has 2 N–H and O–H groups in total. The third-order valence-corrected chi connectivity index (χ3v) is 7.06. The van der Waals surface area contributed by atoms with Crippen molar-refractivity contribution in [2.24, 2.45) is 0 Å². The molecule has 0 bridgehead atoms. The van der Waals surface area contributed by atoms with Crippen LogP contribution in [0, 0.1) is 0 Å². The normalized spacial score (nSPS) is 21.6. The number of nitrogens with one attached hydrogen (secondary N) is 2. The van der Waals surface area contributed by atoms with Gasteiger partial charge in [-0.15, -0.1) is 6.58 Å². The van der Waals surface area contributed by atoms with Crippen molar-refractivity contribution < 1.29 is 14.3 Å². The van der Waals surface area contributed by atoms with E-state index in [9.17, 15) is 9.59 Å². The molecule has 5 rings (SSSR count). The Hall–Kier alpha value is -3.58. The molecule has 3 amide bonds. The Labute approximate surface area is 199 Å². The van der Waals surface area contributed by atoms with Crippen LogP contribution in [0.25, 0.3) is 10.9 Å². The molecule has 7 heteroatoms. The number of rotatable bonds is 8. The van der Waals surface area contributed by atoms with Crippen molar-refractivity contribution in [2.75, 3.05) is 26.7 Å². The quantitative estimate of drug-likeness (QED) is 0.306. The minimum Gasteiger partial charge on any atom is -0.497 e. The highest BCUT2D eigenvalue weighted by atomic mass is 16.5. The van der Waals surface area contributed by atoms with E-state index in [0.717, 1.165) is 33.5 Å². The number of H-pyrrole nitrogens is 1. The van der Waals surface area contributed by atoms with Crippen molar-refractivity contribution in [1.82, 2.24) is 20.1 Å². The number of aromatic nitrogens is 1. The fourth-order valence-electron chi connectivity index (χ4n) is 5.41. The lowest BCUT2D eigenvalue weighted by Gasteiger charge is -2.42. The van der Waals surface area contributed by atoms with Crippen molar-refractivity contribution in [3.8, 4) is 5.75 Å². The molecule has 0 spiro atoms. The van der Waals surface area contributed by atoms with Crippen molar-refractivity contribution in [2.45, 2.75) is 31.3 Å². The Morgan fingerprint density at radius 2 is 2.03 bits per heavy atom. The van der Waals surface area contributed by atoms with Crippen LogP contribution in [-0.2, 0) is 17.6 Å². The number of hydrogen-bond donors (Lipinski definition) is 2. The number of benzene rings is 2. The van der Waals surface area contributed by atoms with Crippen LogP contribution in [0.3, 0.4) is 0 Å². The van der Waals surface area contributed by atoms with Crippen LogP contribution in [0.1, 0.15) is 29.8 Å². The van der Waals surface area contributed by atoms with Gasteiger partial charge in [-0.05, 0) is 42.7 Å². The maximum atomic E-state index is 13.7. The molecule has 1 fully saturated rings. The fraction of sp³-hybridized carbons (Fsp3) is 0.333. The topological polar surface area (TPSA) is 77.7 Å². The predicted molar refractivity (Wildman–Crippen MR) is 132 cm³/mol. The summed E-state index contributed by atoms with van der Waals surface area (Å²) in [6.45, 7) is 7.10. The first kappa shape index (κ1) is 22.2. The van der Waals surface area contributed by atoms with Gasteiger partial charge >= 0.3 is 6.03 Å². The van der Waals surface area contributed by atoms with E-state index >= 15 is 0 Å². The first-order valence-corrected chi connectivity index (χ1v) is 11.7. The molecule has 1 aromatic heterocycles. The number of carbonyl (C=O) groups is 2. The third kappa shape index (κ3) is 3.47. The van der Waals surface area contributed by atoms with Crippen LogP contribution in [0.4, 0.5) is 4.79 Å². The highest BCUT2D eigenvalue weighted by molar-refractivity contribution is 6.08. The molecule has 176 valence electrons. The summed E-state index contributed by atoms with van der Waals surface area (Å²) >= 11 is 0. The van der Waals surface area contributed by atoms with Crippen molar-refractivity contribution in [3.63, 3.8) is 0 Å². The second kappa shape index (κ2) is 8.65. The highest BCUT2D eigenvalue weighted by Crippen LogP contribution is 2.47. The third-order valence-electron chi connectivity index (χ3n) is 7.06.